The van der Waals surface area contributed by atoms with Crippen LogP contribution < -0.4 is 0 Å². The molecule has 1 saturated carbocycles. The largest absolute Gasteiger partial charge is 0.460 e. The van der Waals surface area contributed by atoms with Crippen molar-refractivity contribution in [1.82, 2.24) is 4.98 Å². The smallest absolute Gasteiger partial charge is 0.376 e. The highest BCUT2D eigenvalue weighted by atomic mass is 19.3. The lowest BCUT2D eigenvalue weighted by molar-refractivity contribution is 0.0473. The van der Waals surface area contributed by atoms with E-state index in [2.05, 4.69) is 4.98 Å². The van der Waals surface area contributed by atoms with Gasteiger partial charge in [-0.25, -0.2) is 18.6 Å². The van der Waals surface area contributed by atoms with Gasteiger partial charge in [-0.2, -0.15) is 0 Å². The first-order chi connectivity index (χ1) is 9.11. The van der Waals surface area contributed by atoms with Crippen LogP contribution in [0, 0.1) is 5.92 Å². The number of hydrogen-bond acceptors (Lipinski definition) is 4. The van der Waals surface area contributed by atoms with Crippen molar-refractivity contribution < 1.29 is 22.7 Å². The zero-order valence-corrected chi connectivity index (χ0v) is 10.8. The highest BCUT2D eigenvalue weighted by Crippen LogP contribution is 2.30. The summed E-state index contributed by atoms with van der Waals surface area (Å²) in [6, 6.07) is 0. The first-order valence-electron chi connectivity index (χ1n) is 6.56. The Morgan fingerprint density at radius 2 is 2.16 bits per heavy atom. The van der Waals surface area contributed by atoms with Crippen LogP contribution in [-0.4, -0.2) is 17.6 Å². The summed E-state index contributed by atoms with van der Waals surface area (Å²) in [4.78, 5) is 15.3. The summed E-state index contributed by atoms with van der Waals surface area (Å²) < 4.78 is 35.5. The van der Waals surface area contributed by atoms with E-state index in [0.29, 0.717) is 12.3 Å². The van der Waals surface area contributed by atoms with Gasteiger partial charge in [0.1, 0.15) is 0 Å². The molecule has 1 aromatic rings. The van der Waals surface area contributed by atoms with E-state index in [4.69, 9.17) is 9.15 Å². The lowest BCUT2D eigenvalue weighted by Gasteiger charge is -2.03. The summed E-state index contributed by atoms with van der Waals surface area (Å²) in [5.41, 5.74) is -0.605. The quantitative estimate of drug-likeness (QED) is 0.770. The molecule has 4 nitrogen and oxygen atoms in total. The van der Waals surface area contributed by atoms with Crippen molar-refractivity contribution in [3.05, 3.63) is 17.3 Å². The van der Waals surface area contributed by atoms with Gasteiger partial charge in [-0.1, -0.05) is 12.8 Å². The van der Waals surface area contributed by atoms with Crippen LogP contribution in [0.3, 0.4) is 0 Å². The Morgan fingerprint density at radius 1 is 1.47 bits per heavy atom. The van der Waals surface area contributed by atoms with E-state index >= 15 is 0 Å². The molecule has 1 heterocycles. The third-order valence-electron chi connectivity index (χ3n) is 3.30. The van der Waals surface area contributed by atoms with Crippen LogP contribution in [0.25, 0.3) is 0 Å². The van der Waals surface area contributed by atoms with Gasteiger partial charge in [-0.05, 0) is 25.7 Å². The molecule has 1 aliphatic rings. The van der Waals surface area contributed by atoms with Crippen molar-refractivity contribution >= 4 is 5.97 Å². The second-order valence-corrected chi connectivity index (χ2v) is 4.70. The van der Waals surface area contributed by atoms with Crippen molar-refractivity contribution in [3.8, 4) is 0 Å². The van der Waals surface area contributed by atoms with E-state index in [-0.39, 0.29) is 12.5 Å². The molecular formula is C13H17F2NO3. The van der Waals surface area contributed by atoms with E-state index < -0.39 is 23.8 Å². The third-order valence-corrected chi connectivity index (χ3v) is 3.30. The van der Waals surface area contributed by atoms with E-state index in [1.165, 1.54) is 0 Å². The van der Waals surface area contributed by atoms with Gasteiger partial charge in [-0.3, -0.25) is 0 Å². The van der Waals surface area contributed by atoms with Crippen molar-refractivity contribution in [2.45, 2.75) is 45.5 Å². The molecule has 0 spiro atoms. The second kappa shape index (κ2) is 6.12. The molecule has 1 aromatic heterocycles. The minimum atomic E-state index is -2.83. The first kappa shape index (κ1) is 14.0. The number of hydrogen-bond donors (Lipinski definition) is 0. The minimum absolute atomic E-state index is 0.111. The number of carbonyl (C=O) groups is 1. The fourth-order valence-electron chi connectivity index (χ4n) is 2.42. The summed E-state index contributed by atoms with van der Waals surface area (Å²) in [5, 5.41) is 0. The normalized spacial score (nSPS) is 16.2. The maximum absolute atomic E-state index is 12.8. The lowest BCUT2D eigenvalue weighted by Crippen LogP contribution is -2.06. The van der Waals surface area contributed by atoms with Gasteiger partial charge in [-0.15, -0.1) is 0 Å². The Hall–Kier alpha value is -1.46. The molecule has 0 N–H and O–H groups in total. The summed E-state index contributed by atoms with van der Waals surface area (Å²) >= 11 is 0. The molecule has 0 amide bonds. The number of carbonyl (C=O) groups excluding carboxylic acids is 1. The van der Waals surface area contributed by atoms with E-state index in [1.54, 1.807) is 6.92 Å². The SMILES string of the molecule is CCOC(=O)c1oc(CC2CCCC2)nc1C(F)F. The van der Waals surface area contributed by atoms with E-state index in [1.807, 2.05) is 0 Å². The molecule has 1 fully saturated rings. The summed E-state index contributed by atoms with van der Waals surface area (Å²) in [5.74, 6) is -0.697. The van der Waals surface area contributed by atoms with E-state index in [0.717, 1.165) is 25.7 Å². The topological polar surface area (TPSA) is 52.3 Å². The molecule has 0 bridgehead atoms. The Bertz CT molecular complexity index is 439. The molecular weight excluding hydrogens is 256 g/mol. The van der Waals surface area contributed by atoms with Gasteiger partial charge in [0.05, 0.1) is 6.61 Å². The number of aromatic nitrogens is 1. The van der Waals surface area contributed by atoms with Gasteiger partial charge >= 0.3 is 5.97 Å². The van der Waals surface area contributed by atoms with Crippen molar-refractivity contribution in [3.63, 3.8) is 0 Å². The van der Waals surface area contributed by atoms with E-state index in [9.17, 15) is 13.6 Å². The second-order valence-electron chi connectivity index (χ2n) is 4.70. The molecule has 0 aliphatic heterocycles. The van der Waals surface area contributed by atoms with Crippen LogP contribution in [-0.2, 0) is 11.2 Å². The summed E-state index contributed by atoms with van der Waals surface area (Å²) in [6.45, 7) is 1.72. The van der Waals surface area contributed by atoms with Gasteiger partial charge < -0.3 is 9.15 Å². The molecule has 0 saturated heterocycles. The number of halogens is 2. The maximum Gasteiger partial charge on any atom is 0.376 e. The summed E-state index contributed by atoms with van der Waals surface area (Å²) in [7, 11) is 0. The molecule has 106 valence electrons. The Kier molecular flexibility index (Phi) is 4.50. The summed E-state index contributed by atoms with van der Waals surface area (Å²) in [6.07, 6.45) is 2.09. The number of nitrogens with zero attached hydrogens (tertiary/aromatic N) is 1. The predicted molar refractivity (Wildman–Crippen MR) is 63.1 cm³/mol. The van der Waals surface area contributed by atoms with Crippen molar-refractivity contribution in [2.24, 2.45) is 5.92 Å². The molecule has 6 heteroatoms. The highest BCUT2D eigenvalue weighted by Gasteiger charge is 2.28. The van der Waals surface area contributed by atoms with Gasteiger partial charge in [0, 0.05) is 6.42 Å². The average molecular weight is 273 g/mol. The number of rotatable bonds is 5. The van der Waals surface area contributed by atoms with Crippen LogP contribution in [0.1, 0.15) is 61.2 Å². The van der Waals surface area contributed by atoms with Crippen molar-refractivity contribution in [2.75, 3.05) is 6.61 Å². The Balaban J connectivity index is 2.16. The van der Waals surface area contributed by atoms with Gasteiger partial charge in [0.15, 0.2) is 11.6 Å². The fraction of sp³-hybridized carbons (Fsp3) is 0.692. The molecule has 0 aromatic carbocycles. The number of oxazole rings is 1. The average Bonchev–Trinajstić information content (AvgIpc) is 2.99. The van der Waals surface area contributed by atoms with Crippen molar-refractivity contribution in [1.29, 1.82) is 0 Å². The minimum Gasteiger partial charge on any atom is -0.460 e. The number of esters is 1. The van der Waals surface area contributed by atoms with Crippen LogP contribution in [0.4, 0.5) is 8.78 Å². The predicted octanol–water partition coefficient (Wildman–Crippen LogP) is 3.52. The Labute approximate surface area is 110 Å². The zero-order chi connectivity index (χ0) is 13.8. The first-order valence-corrected chi connectivity index (χ1v) is 6.56. The molecule has 0 atom stereocenters. The van der Waals surface area contributed by atoms with Gasteiger partial charge in [0.2, 0.25) is 5.76 Å². The van der Waals surface area contributed by atoms with Crippen LogP contribution >= 0.6 is 0 Å². The molecule has 0 radical (unpaired) electrons. The van der Waals surface area contributed by atoms with Crippen LogP contribution in [0.15, 0.2) is 4.42 Å². The number of alkyl halides is 2. The van der Waals surface area contributed by atoms with Crippen LogP contribution in [0.5, 0.6) is 0 Å². The lowest BCUT2D eigenvalue weighted by atomic mass is 10.0. The maximum atomic E-state index is 12.8. The number of ether oxygens (including phenoxy) is 1. The Morgan fingerprint density at radius 3 is 2.74 bits per heavy atom. The monoisotopic (exact) mass is 273 g/mol. The highest BCUT2D eigenvalue weighted by molar-refractivity contribution is 5.87. The van der Waals surface area contributed by atoms with Gasteiger partial charge in [0.25, 0.3) is 6.43 Å². The fourth-order valence-corrected chi connectivity index (χ4v) is 2.42. The third kappa shape index (κ3) is 3.30. The molecule has 19 heavy (non-hydrogen) atoms. The zero-order valence-electron chi connectivity index (χ0n) is 10.8. The standard InChI is InChI=1S/C13H17F2NO3/c1-2-18-13(17)11-10(12(14)15)16-9(19-11)7-8-5-3-4-6-8/h8,12H,2-7H2,1H3. The van der Waals surface area contributed by atoms with Crippen LogP contribution in [0.2, 0.25) is 0 Å². The molecule has 0 unspecified atom stereocenters. The molecule has 1 aliphatic carbocycles. The molecule has 2 rings (SSSR count).